The Bertz CT molecular complexity index is 899. The third kappa shape index (κ3) is 6.06. The van der Waals surface area contributed by atoms with Gasteiger partial charge in [0.05, 0.1) is 11.6 Å². The standard InChI is InChI=1S/C26H32N2O/c1-5-9-21(10-6-2)24(11-7-3)25-17-23(15-14-19(25)4)28-26(29)22-13-8-12-20(16-22)18-27/h8,11-17,21H,5-7,9-10H2,1-4H3,(H,28,29)/b24-11-. The highest BCUT2D eigenvalue weighted by molar-refractivity contribution is 6.04. The minimum Gasteiger partial charge on any atom is -0.322 e. The molecule has 0 radical (unpaired) electrons. The van der Waals surface area contributed by atoms with Crippen LogP contribution in [0.2, 0.25) is 0 Å². The van der Waals surface area contributed by atoms with Crippen LogP contribution in [-0.4, -0.2) is 5.91 Å². The molecule has 0 aliphatic heterocycles. The Balaban J connectivity index is 2.35. The van der Waals surface area contributed by atoms with Crippen molar-refractivity contribution in [2.75, 3.05) is 5.32 Å². The number of rotatable bonds is 9. The molecule has 0 aliphatic carbocycles. The second-order valence-electron chi connectivity index (χ2n) is 7.52. The maximum atomic E-state index is 12.7. The second-order valence-corrected chi connectivity index (χ2v) is 7.52. The summed E-state index contributed by atoms with van der Waals surface area (Å²) in [7, 11) is 0. The lowest BCUT2D eigenvalue weighted by molar-refractivity contribution is 0.102. The first-order valence-electron chi connectivity index (χ1n) is 10.7. The van der Waals surface area contributed by atoms with Crippen LogP contribution in [0.15, 0.2) is 48.5 Å². The van der Waals surface area contributed by atoms with Gasteiger partial charge in [-0.25, -0.2) is 0 Å². The molecular formula is C26H32N2O. The van der Waals surface area contributed by atoms with E-state index in [0.29, 0.717) is 17.0 Å². The van der Waals surface area contributed by atoms with Crippen LogP contribution in [0, 0.1) is 24.2 Å². The van der Waals surface area contributed by atoms with Crippen molar-refractivity contribution < 1.29 is 4.79 Å². The number of aryl methyl sites for hydroxylation is 1. The van der Waals surface area contributed by atoms with E-state index in [0.717, 1.165) is 24.9 Å². The molecule has 0 unspecified atom stereocenters. The molecule has 0 saturated heterocycles. The fourth-order valence-electron chi connectivity index (χ4n) is 3.81. The zero-order chi connectivity index (χ0) is 21.2. The number of amides is 1. The molecule has 0 aromatic heterocycles. The number of nitrogens with zero attached hydrogens (tertiary/aromatic N) is 1. The Morgan fingerprint density at radius 2 is 1.83 bits per heavy atom. The van der Waals surface area contributed by atoms with Crippen molar-refractivity contribution in [3.05, 3.63) is 70.8 Å². The van der Waals surface area contributed by atoms with E-state index in [1.54, 1.807) is 24.3 Å². The summed E-state index contributed by atoms with van der Waals surface area (Å²) in [6.45, 7) is 8.80. The number of carbonyl (C=O) groups is 1. The summed E-state index contributed by atoms with van der Waals surface area (Å²) in [5.74, 6) is 0.346. The highest BCUT2D eigenvalue weighted by Gasteiger charge is 2.17. The number of hydrogen-bond donors (Lipinski definition) is 1. The first-order valence-corrected chi connectivity index (χ1v) is 10.7. The number of anilines is 1. The molecule has 29 heavy (non-hydrogen) atoms. The van der Waals surface area contributed by atoms with Gasteiger partial charge in [-0.3, -0.25) is 4.79 Å². The van der Waals surface area contributed by atoms with Gasteiger partial charge in [0.15, 0.2) is 0 Å². The lowest BCUT2D eigenvalue weighted by Crippen LogP contribution is -2.13. The summed E-state index contributed by atoms with van der Waals surface area (Å²) >= 11 is 0. The summed E-state index contributed by atoms with van der Waals surface area (Å²) < 4.78 is 0. The predicted molar refractivity (Wildman–Crippen MR) is 122 cm³/mol. The molecule has 0 aliphatic rings. The van der Waals surface area contributed by atoms with Crippen molar-refractivity contribution in [2.24, 2.45) is 5.92 Å². The van der Waals surface area contributed by atoms with Crippen molar-refractivity contribution in [2.45, 2.75) is 59.8 Å². The molecule has 0 spiro atoms. The molecule has 0 bridgehead atoms. The van der Waals surface area contributed by atoms with E-state index in [-0.39, 0.29) is 5.91 Å². The minimum atomic E-state index is -0.198. The molecule has 3 heteroatoms. The number of nitrogens with one attached hydrogen (secondary N) is 1. The fraction of sp³-hybridized carbons (Fsp3) is 0.385. The van der Waals surface area contributed by atoms with E-state index < -0.39 is 0 Å². The fourth-order valence-corrected chi connectivity index (χ4v) is 3.81. The Morgan fingerprint density at radius 3 is 2.45 bits per heavy atom. The van der Waals surface area contributed by atoms with Crippen LogP contribution in [0.25, 0.3) is 5.57 Å². The van der Waals surface area contributed by atoms with E-state index in [1.165, 1.54) is 29.5 Å². The van der Waals surface area contributed by atoms with Crippen LogP contribution in [-0.2, 0) is 0 Å². The van der Waals surface area contributed by atoms with Gasteiger partial charge < -0.3 is 5.32 Å². The van der Waals surface area contributed by atoms with E-state index in [9.17, 15) is 4.79 Å². The molecule has 1 amide bonds. The summed E-state index contributed by atoms with van der Waals surface area (Å²) in [6.07, 6.45) is 8.02. The Hall–Kier alpha value is -2.86. The number of allylic oxidation sites excluding steroid dienone is 2. The zero-order valence-electron chi connectivity index (χ0n) is 18.1. The number of benzene rings is 2. The monoisotopic (exact) mass is 388 g/mol. The topological polar surface area (TPSA) is 52.9 Å². The molecule has 0 fully saturated rings. The Kier molecular flexibility index (Phi) is 8.68. The second kappa shape index (κ2) is 11.2. The quantitative estimate of drug-likeness (QED) is 0.497. The van der Waals surface area contributed by atoms with Gasteiger partial charge in [0, 0.05) is 11.3 Å². The third-order valence-corrected chi connectivity index (χ3v) is 5.20. The average Bonchev–Trinajstić information content (AvgIpc) is 2.73. The molecule has 1 N–H and O–H groups in total. The number of carbonyl (C=O) groups excluding carboxylic acids is 1. The van der Waals surface area contributed by atoms with E-state index >= 15 is 0 Å². The Labute approximate surface area is 175 Å². The van der Waals surface area contributed by atoms with Gasteiger partial charge in [0.1, 0.15) is 0 Å². The first-order chi connectivity index (χ1) is 14.0. The van der Waals surface area contributed by atoms with Gasteiger partial charge in [-0.2, -0.15) is 5.26 Å². The minimum absolute atomic E-state index is 0.198. The molecular weight excluding hydrogens is 356 g/mol. The molecule has 2 rings (SSSR count). The van der Waals surface area contributed by atoms with Crippen LogP contribution in [0.3, 0.4) is 0 Å². The van der Waals surface area contributed by atoms with E-state index in [2.05, 4.69) is 57.3 Å². The molecule has 2 aromatic rings. The van der Waals surface area contributed by atoms with Gasteiger partial charge in [-0.1, -0.05) is 51.8 Å². The molecule has 0 heterocycles. The van der Waals surface area contributed by atoms with Crippen LogP contribution >= 0.6 is 0 Å². The highest BCUT2D eigenvalue weighted by atomic mass is 16.1. The SMILES string of the molecule is CC/C=C(\c1cc(NC(=O)c2cccc(C#N)c2)ccc1C)C(CCC)CCC. The Morgan fingerprint density at radius 1 is 1.10 bits per heavy atom. The normalized spacial score (nSPS) is 11.4. The third-order valence-electron chi connectivity index (χ3n) is 5.20. The predicted octanol–water partition coefficient (Wildman–Crippen LogP) is 7.13. The lowest BCUT2D eigenvalue weighted by atomic mass is 9.83. The van der Waals surface area contributed by atoms with Crippen molar-refractivity contribution in [3.63, 3.8) is 0 Å². The largest absolute Gasteiger partial charge is 0.322 e. The first kappa shape index (κ1) is 22.4. The van der Waals surface area contributed by atoms with Crippen molar-refractivity contribution in [1.29, 1.82) is 5.26 Å². The van der Waals surface area contributed by atoms with Crippen molar-refractivity contribution >= 4 is 17.2 Å². The van der Waals surface area contributed by atoms with Crippen LogP contribution in [0.4, 0.5) is 5.69 Å². The van der Waals surface area contributed by atoms with Gasteiger partial charge in [0.25, 0.3) is 5.91 Å². The van der Waals surface area contributed by atoms with E-state index in [1.807, 2.05) is 6.07 Å². The van der Waals surface area contributed by atoms with Gasteiger partial charge >= 0.3 is 0 Å². The maximum absolute atomic E-state index is 12.7. The summed E-state index contributed by atoms with van der Waals surface area (Å²) in [5.41, 5.74) is 5.61. The molecule has 152 valence electrons. The molecule has 2 aromatic carbocycles. The van der Waals surface area contributed by atoms with Gasteiger partial charge in [-0.15, -0.1) is 0 Å². The van der Waals surface area contributed by atoms with Crippen LogP contribution in [0.5, 0.6) is 0 Å². The van der Waals surface area contributed by atoms with Crippen LogP contribution < -0.4 is 5.32 Å². The smallest absolute Gasteiger partial charge is 0.255 e. The average molecular weight is 389 g/mol. The number of nitriles is 1. The van der Waals surface area contributed by atoms with Crippen molar-refractivity contribution in [3.8, 4) is 6.07 Å². The maximum Gasteiger partial charge on any atom is 0.255 e. The lowest BCUT2D eigenvalue weighted by Gasteiger charge is -2.22. The summed E-state index contributed by atoms with van der Waals surface area (Å²) in [6, 6.07) is 15.0. The van der Waals surface area contributed by atoms with Gasteiger partial charge in [-0.05, 0) is 79.1 Å². The zero-order valence-corrected chi connectivity index (χ0v) is 18.1. The van der Waals surface area contributed by atoms with E-state index in [4.69, 9.17) is 5.26 Å². The molecule has 3 nitrogen and oxygen atoms in total. The summed E-state index contributed by atoms with van der Waals surface area (Å²) in [4.78, 5) is 12.7. The summed E-state index contributed by atoms with van der Waals surface area (Å²) in [5, 5.41) is 12.1. The van der Waals surface area contributed by atoms with Crippen LogP contribution in [0.1, 0.15) is 79.9 Å². The highest BCUT2D eigenvalue weighted by Crippen LogP contribution is 2.34. The molecule has 0 atom stereocenters. The van der Waals surface area contributed by atoms with Crippen molar-refractivity contribution in [1.82, 2.24) is 0 Å². The molecule has 0 saturated carbocycles. The number of hydrogen-bond acceptors (Lipinski definition) is 2. The van der Waals surface area contributed by atoms with Gasteiger partial charge in [0.2, 0.25) is 0 Å².